The molecular formula is C15H20N2O2. The fourth-order valence-electron chi connectivity index (χ4n) is 3.89. The molecule has 2 fully saturated rings. The molecule has 3 aliphatic rings. The lowest BCUT2D eigenvalue weighted by Gasteiger charge is -2.28. The predicted octanol–water partition coefficient (Wildman–Crippen LogP) is 1.69. The van der Waals surface area contributed by atoms with Gasteiger partial charge in [-0.15, -0.1) is 0 Å². The molecule has 4 unspecified atom stereocenters. The van der Waals surface area contributed by atoms with E-state index in [0.717, 1.165) is 25.2 Å². The molecule has 102 valence electrons. The van der Waals surface area contributed by atoms with Crippen molar-refractivity contribution in [1.29, 1.82) is 0 Å². The number of hydrogen-bond donors (Lipinski definition) is 2. The molecule has 0 aliphatic carbocycles. The quantitative estimate of drug-likeness (QED) is 0.641. The minimum Gasteiger partial charge on any atom is -0.493 e. The summed E-state index contributed by atoms with van der Waals surface area (Å²) in [7, 11) is 0. The van der Waals surface area contributed by atoms with Crippen LogP contribution in [0.4, 0.5) is 0 Å². The Labute approximate surface area is 113 Å². The van der Waals surface area contributed by atoms with Gasteiger partial charge in [0.1, 0.15) is 5.75 Å². The van der Waals surface area contributed by atoms with Crippen LogP contribution < -0.4 is 16.0 Å². The second-order valence-corrected chi connectivity index (χ2v) is 5.88. The van der Waals surface area contributed by atoms with Gasteiger partial charge in [-0.25, -0.2) is 0 Å². The van der Waals surface area contributed by atoms with Crippen molar-refractivity contribution < 1.29 is 9.47 Å². The van der Waals surface area contributed by atoms with Gasteiger partial charge in [-0.1, -0.05) is 12.1 Å². The Hall–Kier alpha value is -1.10. The molecule has 2 bridgehead atoms. The van der Waals surface area contributed by atoms with E-state index in [1.807, 2.05) is 0 Å². The van der Waals surface area contributed by atoms with Gasteiger partial charge in [0.15, 0.2) is 0 Å². The van der Waals surface area contributed by atoms with Crippen molar-refractivity contribution >= 4 is 0 Å². The highest BCUT2D eigenvalue weighted by Crippen LogP contribution is 2.45. The maximum Gasteiger partial charge on any atom is 0.122 e. The lowest BCUT2D eigenvalue weighted by molar-refractivity contribution is 0.0857. The van der Waals surface area contributed by atoms with Crippen molar-refractivity contribution in [2.75, 3.05) is 6.61 Å². The predicted molar refractivity (Wildman–Crippen MR) is 71.7 cm³/mol. The second-order valence-electron chi connectivity index (χ2n) is 5.88. The van der Waals surface area contributed by atoms with Gasteiger partial charge in [0.25, 0.3) is 0 Å². The number of benzene rings is 1. The minimum absolute atomic E-state index is 0.196. The highest BCUT2D eigenvalue weighted by Gasteiger charge is 2.44. The van der Waals surface area contributed by atoms with Crippen LogP contribution in [0.1, 0.15) is 36.4 Å². The van der Waals surface area contributed by atoms with Crippen LogP contribution in [0, 0.1) is 5.92 Å². The van der Waals surface area contributed by atoms with Gasteiger partial charge < -0.3 is 9.47 Å². The summed E-state index contributed by atoms with van der Waals surface area (Å²) in [5.74, 6) is 7.36. The van der Waals surface area contributed by atoms with E-state index in [9.17, 15) is 0 Å². The second kappa shape index (κ2) is 4.47. The minimum atomic E-state index is 0.196. The molecule has 3 heterocycles. The molecule has 0 amide bonds. The van der Waals surface area contributed by atoms with Gasteiger partial charge in [-0.05, 0) is 36.5 Å². The maximum atomic E-state index is 5.96. The number of ether oxygens (including phenoxy) is 2. The third-order valence-corrected chi connectivity index (χ3v) is 4.83. The van der Waals surface area contributed by atoms with Crippen molar-refractivity contribution in [3.8, 4) is 5.75 Å². The molecule has 4 nitrogen and oxygen atoms in total. The molecule has 3 aliphatic heterocycles. The molecule has 0 spiro atoms. The third kappa shape index (κ3) is 1.86. The summed E-state index contributed by atoms with van der Waals surface area (Å²) in [6.45, 7) is 0.802. The van der Waals surface area contributed by atoms with Crippen LogP contribution in [0.2, 0.25) is 0 Å². The molecule has 2 saturated heterocycles. The molecule has 4 heteroatoms. The number of nitrogens with one attached hydrogen (secondary N) is 1. The maximum absolute atomic E-state index is 5.96. The Balaban J connectivity index is 1.62. The molecule has 19 heavy (non-hydrogen) atoms. The van der Waals surface area contributed by atoms with Crippen LogP contribution in [-0.2, 0) is 11.2 Å². The summed E-state index contributed by atoms with van der Waals surface area (Å²) < 4.78 is 11.5. The van der Waals surface area contributed by atoms with E-state index in [1.54, 1.807) is 0 Å². The summed E-state index contributed by atoms with van der Waals surface area (Å²) >= 11 is 0. The fourth-order valence-corrected chi connectivity index (χ4v) is 3.89. The van der Waals surface area contributed by atoms with Crippen LogP contribution in [-0.4, -0.2) is 18.8 Å². The Morgan fingerprint density at radius 1 is 1.32 bits per heavy atom. The van der Waals surface area contributed by atoms with Crippen LogP contribution in [0.5, 0.6) is 5.75 Å². The van der Waals surface area contributed by atoms with Gasteiger partial charge in [0, 0.05) is 12.3 Å². The zero-order chi connectivity index (χ0) is 12.8. The Bertz CT molecular complexity index is 491. The zero-order valence-electron chi connectivity index (χ0n) is 11.0. The van der Waals surface area contributed by atoms with Gasteiger partial charge >= 0.3 is 0 Å². The van der Waals surface area contributed by atoms with E-state index in [2.05, 4.69) is 23.6 Å². The first-order valence-electron chi connectivity index (χ1n) is 7.22. The smallest absolute Gasteiger partial charge is 0.122 e. The SMILES string of the molecule is NNC(c1ccc2c(c1)CCO2)C1CC2CCC1O2. The summed E-state index contributed by atoms with van der Waals surface area (Å²) in [6, 6.07) is 6.66. The molecule has 0 aromatic heterocycles. The average Bonchev–Trinajstić information content (AvgIpc) is 3.15. The van der Waals surface area contributed by atoms with E-state index in [1.165, 1.54) is 24.0 Å². The Morgan fingerprint density at radius 3 is 3.00 bits per heavy atom. The summed E-state index contributed by atoms with van der Waals surface area (Å²) in [5.41, 5.74) is 5.59. The molecule has 1 aromatic carbocycles. The number of nitrogens with two attached hydrogens (primary N) is 1. The van der Waals surface area contributed by atoms with Crippen LogP contribution in [0.15, 0.2) is 18.2 Å². The summed E-state index contributed by atoms with van der Waals surface area (Å²) in [6.07, 6.45) is 5.39. The highest BCUT2D eigenvalue weighted by molar-refractivity contribution is 5.41. The van der Waals surface area contributed by atoms with E-state index in [-0.39, 0.29) is 6.04 Å². The monoisotopic (exact) mass is 260 g/mol. The largest absolute Gasteiger partial charge is 0.493 e. The van der Waals surface area contributed by atoms with Crippen molar-refractivity contribution in [2.45, 2.75) is 43.9 Å². The first-order valence-corrected chi connectivity index (χ1v) is 7.22. The number of hydrazine groups is 1. The topological polar surface area (TPSA) is 56.5 Å². The molecule has 4 rings (SSSR count). The number of rotatable bonds is 3. The molecular weight excluding hydrogens is 240 g/mol. The molecule has 1 aromatic rings. The van der Waals surface area contributed by atoms with Gasteiger partial charge in [-0.3, -0.25) is 11.3 Å². The van der Waals surface area contributed by atoms with Gasteiger partial charge in [0.05, 0.1) is 24.9 Å². The first-order chi connectivity index (χ1) is 9.35. The molecule has 4 atom stereocenters. The van der Waals surface area contributed by atoms with E-state index in [4.69, 9.17) is 15.3 Å². The molecule has 0 radical (unpaired) electrons. The van der Waals surface area contributed by atoms with Crippen molar-refractivity contribution in [3.63, 3.8) is 0 Å². The average molecular weight is 260 g/mol. The summed E-state index contributed by atoms with van der Waals surface area (Å²) in [5, 5.41) is 0. The standard InChI is InChI=1S/C15H20N2O2/c16-17-15(12-8-11-2-4-14(12)19-11)10-1-3-13-9(7-10)5-6-18-13/h1,3,7,11-12,14-15,17H,2,4-6,8,16H2. The van der Waals surface area contributed by atoms with E-state index < -0.39 is 0 Å². The first kappa shape index (κ1) is 11.7. The van der Waals surface area contributed by atoms with Crippen LogP contribution in [0.25, 0.3) is 0 Å². The van der Waals surface area contributed by atoms with Crippen molar-refractivity contribution in [2.24, 2.45) is 11.8 Å². The highest BCUT2D eigenvalue weighted by atomic mass is 16.5. The third-order valence-electron chi connectivity index (χ3n) is 4.83. The lowest BCUT2D eigenvalue weighted by Crippen LogP contribution is -2.37. The van der Waals surface area contributed by atoms with E-state index in [0.29, 0.717) is 18.1 Å². The fraction of sp³-hybridized carbons (Fsp3) is 0.600. The van der Waals surface area contributed by atoms with Crippen molar-refractivity contribution in [3.05, 3.63) is 29.3 Å². The molecule has 0 saturated carbocycles. The number of hydrogen-bond acceptors (Lipinski definition) is 4. The van der Waals surface area contributed by atoms with E-state index >= 15 is 0 Å². The zero-order valence-corrected chi connectivity index (χ0v) is 11.0. The lowest BCUT2D eigenvalue weighted by atomic mass is 9.81. The molecule has 3 N–H and O–H groups in total. The van der Waals surface area contributed by atoms with Crippen LogP contribution >= 0.6 is 0 Å². The Morgan fingerprint density at radius 2 is 2.26 bits per heavy atom. The van der Waals surface area contributed by atoms with Gasteiger partial charge in [0.2, 0.25) is 0 Å². The number of fused-ring (bicyclic) bond motifs is 3. The summed E-state index contributed by atoms with van der Waals surface area (Å²) in [4.78, 5) is 0. The van der Waals surface area contributed by atoms with Crippen LogP contribution in [0.3, 0.4) is 0 Å². The Kier molecular flexibility index (Phi) is 2.76. The van der Waals surface area contributed by atoms with Crippen molar-refractivity contribution in [1.82, 2.24) is 5.43 Å². The normalized spacial score (nSPS) is 33.2. The van der Waals surface area contributed by atoms with Gasteiger partial charge in [-0.2, -0.15) is 0 Å².